The first-order valence-corrected chi connectivity index (χ1v) is 6.35. The van der Waals surface area contributed by atoms with Crippen molar-refractivity contribution < 1.29 is 4.74 Å². The fourth-order valence-electron chi connectivity index (χ4n) is 3.05. The number of methoxy groups -OCH3 is 1. The van der Waals surface area contributed by atoms with Crippen molar-refractivity contribution >= 4 is 5.69 Å². The number of hydrogen-bond acceptors (Lipinski definition) is 4. The number of ether oxygens (including phenoxy) is 1. The molecule has 94 valence electrons. The van der Waals surface area contributed by atoms with Crippen molar-refractivity contribution in [1.29, 1.82) is 5.26 Å². The minimum atomic E-state index is 0.725. The van der Waals surface area contributed by atoms with Crippen LogP contribution >= 0.6 is 0 Å². The monoisotopic (exact) mass is 243 g/mol. The van der Waals surface area contributed by atoms with Gasteiger partial charge in [0.05, 0.1) is 18.4 Å². The topological polar surface area (TPSA) is 48.3 Å². The Labute approximate surface area is 107 Å². The molecule has 0 amide bonds. The molecular formula is C14H17N3O. The lowest BCUT2D eigenvalue weighted by Crippen LogP contribution is -2.26. The van der Waals surface area contributed by atoms with Crippen LogP contribution in [0.25, 0.3) is 0 Å². The van der Waals surface area contributed by atoms with Gasteiger partial charge < -0.3 is 15.0 Å². The second-order valence-electron chi connectivity index (χ2n) is 5.08. The molecule has 1 aromatic rings. The zero-order valence-electron chi connectivity index (χ0n) is 10.5. The summed E-state index contributed by atoms with van der Waals surface area (Å²) < 4.78 is 5.26. The molecule has 0 bridgehead atoms. The fourth-order valence-corrected chi connectivity index (χ4v) is 3.05. The van der Waals surface area contributed by atoms with E-state index in [2.05, 4.69) is 16.3 Å². The molecule has 2 atom stereocenters. The van der Waals surface area contributed by atoms with E-state index in [1.165, 1.54) is 0 Å². The van der Waals surface area contributed by atoms with E-state index in [1.54, 1.807) is 7.11 Å². The van der Waals surface area contributed by atoms with Crippen LogP contribution in [0.5, 0.6) is 5.75 Å². The lowest BCUT2D eigenvalue weighted by molar-refractivity contribution is 0.415. The maximum Gasteiger partial charge on any atom is 0.121 e. The molecule has 0 radical (unpaired) electrons. The Morgan fingerprint density at radius 1 is 1.33 bits per heavy atom. The van der Waals surface area contributed by atoms with Crippen molar-refractivity contribution in [3.63, 3.8) is 0 Å². The van der Waals surface area contributed by atoms with Crippen molar-refractivity contribution in [3.8, 4) is 11.8 Å². The molecular weight excluding hydrogens is 226 g/mol. The van der Waals surface area contributed by atoms with Crippen LogP contribution < -0.4 is 15.0 Å². The third kappa shape index (κ3) is 1.81. The molecule has 1 aromatic carbocycles. The number of rotatable bonds is 2. The number of hydrogen-bond donors (Lipinski definition) is 1. The van der Waals surface area contributed by atoms with Gasteiger partial charge in [-0.1, -0.05) is 0 Å². The average Bonchev–Trinajstić information content (AvgIpc) is 2.98. The highest BCUT2D eigenvalue weighted by Crippen LogP contribution is 2.34. The molecule has 18 heavy (non-hydrogen) atoms. The van der Waals surface area contributed by atoms with Crippen LogP contribution in [0, 0.1) is 23.2 Å². The Morgan fingerprint density at radius 3 is 2.67 bits per heavy atom. The fraction of sp³-hybridized carbons (Fsp3) is 0.500. The number of nitrogens with one attached hydrogen (secondary N) is 1. The molecule has 2 aliphatic rings. The van der Waals surface area contributed by atoms with Crippen LogP contribution in [-0.2, 0) is 0 Å². The van der Waals surface area contributed by atoms with Gasteiger partial charge in [0, 0.05) is 32.2 Å². The Morgan fingerprint density at radius 2 is 2.06 bits per heavy atom. The summed E-state index contributed by atoms with van der Waals surface area (Å²) in [4.78, 5) is 2.33. The van der Waals surface area contributed by atoms with Gasteiger partial charge >= 0.3 is 0 Å². The zero-order chi connectivity index (χ0) is 12.5. The summed E-state index contributed by atoms with van der Waals surface area (Å²) in [5.41, 5.74) is 1.76. The molecule has 2 heterocycles. The summed E-state index contributed by atoms with van der Waals surface area (Å²) in [5.74, 6) is 2.27. The van der Waals surface area contributed by atoms with E-state index in [0.717, 1.165) is 55.0 Å². The third-order valence-corrected chi connectivity index (χ3v) is 4.06. The summed E-state index contributed by atoms with van der Waals surface area (Å²) >= 11 is 0. The molecule has 3 rings (SSSR count). The number of fused-ring (bicyclic) bond motifs is 1. The van der Waals surface area contributed by atoms with Crippen LogP contribution in [0.4, 0.5) is 5.69 Å². The van der Waals surface area contributed by atoms with Crippen molar-refractivity contribution in [2.24, 2.45) is 11.8 Å². The Bertz CT molecular complexity index is 482. The first-order chi connectivity index (χ1) is 8.81. The lowest BCUT2D eigenvalue weighted by Gasteiger charge is -2.21. The molecule has 1 N–H and O–H groups in total. The highest BCUT2D eigenvalue weighted by atomic mass is 16.5. The normalized spacial score (nSPS) is 25.9. The zero-order valence-corrected chi connectivity index (χ0v) is 10.5. The van der Waals surface area contributed by atoms with E-state index in [9.17, 15) is 5.26 Å². The minimum absolute atomic E-state index is 0.725. The van der Waals surface area contributed by atoms with Gasteiger partial charge in [-0.05, 0) is 24.0 Å². The number of nitrogens with zero attached hydrogens (tertiary/aromatic N) is 2. The van der Waals surface area contributed by atoms with Crippen LogP contribution in [0.3, 0.4) is 0 Å². The Balaban J connectivity index is 1.89. The van der Waals surface area contributed by atoms with Gasteiger partial charge in [0.2, 0.25) is 0 Å². The summed E-state index contributed by atoms with van der Waals surface area (Å²) in [6.45, 7) is 4.29. The van der Waals surface area contributed by atoms with E-state index in [4.69, 9.17) is 4.74 Å². The maximum absolute atomic E-state index is 9.22. The van der Waals surface area contributed by atoms with Gasteiger partial charge in [-0.15, -0.1) is 0 Å². The van der Waals surface area contributed by atoms with E-state index < -0.39 is 0 Å². The highest BCUT2D eigenvalue weighted by molar-refractivity contribution is 5.62. The molecule has 2 unspecified atom stereocenters. The van der Waals surface area contributed by atoms with Gasteiger partial charge in [-0.2, -0.15) is 5.26 Å². The molecule has 0 saturated carbocycles. The molecule has 4 nitrogen and oxygen atoms in total. The van der Waals surface area contributed by atoms with Crippen molar-refractivity contribution in [2.45, 2.75) is 0 Å². The van der Waals surface area contributed by atoms with Crippen molar-refractivity contribution in [3.05, 3.63) is 23.8 Å². The first-order valence-electron chi connectivity index (χ1n) is 6.35. The average molecular weight is 243 g/mol. The SMILES string of the molecule is COc1ccc(C#N)c(N2CC3CNCC3C2)c1. The Hall–Kier alpha value is -1.73. The van der Waals surface area contributed by atoms with Gasteiger partial charge in [0.15, 0.2) is 0 Å². The molecule has 0 aromatic heterocycles. The van der Waals surface area contributed by atoms with Crippen molar-refractivity contribution in [1.82, 2.24) is 5.32 Å². The molecule has 2 saturated heterocycles. The number of anilines is 1. The summed E-state index contributed by atoms with van der Waals surface area (Å²) in [6, 6.07) is 7.95. The Kier molecular flexibility index (Phi) is 2.85. The third-order valence-electron chi connectivity index (χ3n) is 4.06. The number of nitriles is 1. The van der Waals surface area contributed by atoms with Crippen LogP contribution in [0.15, 0.2) is 18.2 Å². The summed E-state index contributed by atoms with van der Waals surface area (Å²) in [5, 5.41) is 12.6. The van der Waals surface area contributed by atoms with Gasteiger partial charge in [0.25, 0.3) is 0 Å². The van der Waals surface area contributed by atoms with Crippen molar-refractivity contribution in [2.75, 3.05) is 38.2 Å². The van der Waals surface area contributed by atoms with Crippen LogP contribution in [0.2, 0.25) is 0 Å². The van der Waals surface area contributed by atoms with Crippen LogP contribution in [0.1, 0.15) is 5.56 Å². The highest BCUT2D eigenvalue weighted by Gasteiger charge is 2.36. The minimum Gasteiger partial charge on any atom is -0.497 e. The van der Waals surface area contributed by atoms with E-state index in [0.29, 0.717) is 0 Å². The predicted octanol–water partition coefficient (Wildman–Crippen LogP) is 1.22. The van der Waals surface area contributed by atoms with Gasteiger partial charge in [-0.3, -0.25) is 0 Å². The smallest absolute Gasteiger partial charge is 0.121 e. The quantitative estimate of drug-likeness (QED) is 0.848. The maximum atomic E-state index is 9.22. The summed E-state index contributed by atoms with van der Waals surface area (Å²) in [6.07, 6.45) is 0. The molecule has 0 aliphatic carbocycles. The van der Waals surface area contributed by atoms with Crippen LogP contribution in [-0.4, -0.2) is 33.3 Å². The second kappa shape index (κ2) is 4.51. The first kappa shape index (κ1) is 11.4. The lowest BCUT2D eigenvalue weighted by atomic mass is 10.0. The number of benzene rings is 1. The largest absolute Gasteiger partial charge is 0.497 e. The standard InChI is InChI=1S/C14H17N3O/c1-18-13-3-2-10(5-15)14(4-13)17-8-11-6-16-7-12(11)9-17/h2-4,11-12,16H,6-9H2,1H3. The summed E-state index contributed by atoms with van der Waals surface area (Å²) in [7, 11) is 1.66. The second-order valence-corrected chi connectivity index (χ2v) is 5.08. The van der Waals surface area contributed by atoms with E-state index >= 15 is 0 Å². The van der Waals surface area contributed by atoms with Gasteiger partial charge in [-0.25, -0.2) is 0 Å². The molecule has 2 fully saturated rings. The molecule has 0 spiro atoms. The van der Waals surface area contributed by atoms with E-state index in [1.807, 2.05) is 18.2 Å². The molecule has 2 aliphatic heterocycles. The van der Waals surface area contributed by atoms with E-state index in [-0.39, 0.29) is 0 Å². The predicted molar refractivity (Wildman–Crippen MR) is 69.8 cm³/mol. The molecule has 4 heteroatoms. The van der Waals surface area contributed by atoms with Gasteiger partial charge in [0.1, 0.15) is 11.8 Å².